The van der Waals surface area contributed by atoms with Crippen LogP contribution in [0, 0.1) is 0 Å². The Bertz CT molecular complexity index is 1640. The molecule has 2 aliphatic heterocycles. The van der Waals surface area contributed by atoms with Gasteiger partial charge in [-0.1, -0.05) is 165 Å². The number of benzene rings is 4. The van der Waals surface area contributed by atoms with Crippen LogP contribution in [0.25, 0.3) is 16.9 Å². The Labute approximate surface area is 311 Å². The summed E-state index contributed by atoms with van der Waals surface area (Å²) in [5.74, 6) is 1.42. The first-order valence-electron chi connectivity index (χ1n) is 19.5. The molecule has 4 aromatic rings. The van der Waals surface area contributed by atoms with Crippen LogP contribution in [0.3, 0.4) is 0 Å². The number of nitrogens with one attached hydrogen (secondary N) is 1. The number of aryl methyl sites for hydroxylation is 1. The summed E-state index contributed by atoms with van der Waals surface area (Å²) in [6, 6.07) is 35.1. The second kappa shape index (κ2) is 22.5. The average molecular weight is 685 g/mol. The highest BCUT2D eigenvalue weighted by Gasteiger charge is 2.23. The van der Waals surface area contributed by atoms with Crippen molar-refractivity contribution in [2.45, 2.75) is 99.5 Å². The lowest BCUT2D eigenvalue weighted by Crippen LogP contribution is -2.28. The maximum absolute atomic E-state index is 6.53. The molecule has 1 saturated heterocycles. The van der Waals surface area contributed by atoms with E-state index in [0.717, 1.165) is 48.5 Å². The lowest BCUT2D eigenvalue weighted by Gasteiger charge is -2.32. The van der Waals surface area contributed by atoms with Crippen molar-refractivity contribution < 1.29 is 4.74 Å². The number of rotatable bonds is 7. The zero-order chi connectivity index (χ0) is 37.0. The minimum atomic E-state index is 0.387. The highest BCUT2D eigenvalue weighted by Crippen LogP contribution is 2.36. The lowest BCUT2D eigenvalue weighted by atomic mass is 9.87. The first kappa shape index (κ1) is 41.1. The number of piperidine rings is 1. The number of anilines is 1. The van der Waals surface area contributed by atoms with Crippen molar-refractivity contribution in [1.82, 2.24) is 5.32 Å². The molecule has 1 N–H and O–H groups in total. The molecule has 0 spiro atoms. The zero-order valence-corrected chi connectivity index (χ0v) is 32.7. The number of allylic oxidation sites excluding steroid dienone is 2. The van der Waals surface area contributed by atoms with Crippen molar-refractivity contribution in [1.29, 1.82) is 0 Å². The molecule has 0 bridgehead atoms. The molecule has 3 nitrogen and oxygen atoms in total. The van der Waals surface area contributed by atoms with E-state index in [4.69, 9.17) is 4.74 Å². The number of hydrogen-bond acceptors (Lipinski definition) is 3. The zero-order valence-electron chi connectivity index (χ0n) is 32.7. The van der Waals surface area contributed by atoms with E-state index in [0.29, 0.717) is 19.1 Å². The van der Waals surface area contributed by atoms with Crippen LogP contribution in [0.5, 0.6) is 0 Å². The van der Waals surface area contributed by atoms with Gasteiger partial charge in [0, 0.05) is 23.5 Å². The number of nitrogens with zero attached hydrogens (tertiary/aromatic N) is 1. The monoisotopic (exact) mass is 685 g/mol. The van der Waals surface area contributed by atoms with Gasteiger partial charge in [-0.3, -0.25) is 0 Å². The molecule has 4 aromatic carbocycles. The summed E-state index contributed by atoms with van der Waals surface area (Å²) in [5, 5.41) is 3.52. The summed E-state index contributed by atoms with van der Waals surface area (Å²) in [7, 11) is 0. The van der Waals surface area contributed by atoms with E-state index in [1.807, 2.05) is 27.7 Å². The molecule has 2 aliphatic rings. The van der Waals surface area contributed by atoms with E-state index in [2.05, 4.69) is 147 Å². The Morgan fingerprint density at radius 1 is 0.745 bits per heavy atom. The minimum Gasteiger partial charge on any atom is -0.487 e. The van der Waals surface area contributed by atoms with E-state index in [1.54, 1.807) is 0 Å². The third-order valence-corrected chi connectivity index (χ3v) is 9.31. The van der Waals surface area contributed by atoms with Gasteiger partial charge in [-0.25, -0.2) is 0 Å². The van der Waals surface area contributed by atoms with E-state index >= 15 is 0 Å². The molecule has 3 heteroatoms. The largest absolute Gasteiger partial charge is 0.487 e. The van der Waals surface area contributed by atoms with Crippen LogP contribution in [0.2, 0.25) is 0 Å². The van der Waals surface area contributed by atoms with E-state index in [1.165, 1.54) is 64.8 Å². The van der Waals surface area contributed by atoms with Crippen molar-refractivity contribution in [2.24, 2.45) is 0 Å². The standard InChI is InChI=1S/C40H42N2O.C4H10.2C2H6/c1-4-31-14-16-34(17-15-31)40-25-29(2)24-37-26-35(32-20-22-41-23-21-32)18-19-39(37)42(30(3)28-43-40)27-36-12-8-9-13-38(36)33-10-6-5-7-11-33;1-3-4-2;2*1-2/h5-19,25-26,32,41H,2-4,20-24,27-28H2,1H3;3-4H2,1-2H3;2*1-2H3/b40-25-;;;. The first-order chi connectivity index (χ1) is 25.0. The summed E-state index contributed by atoms with van der Waals surface area (Å²) in [6.45, 7) is 26.9. The summed E-state index contributed by atoms with van der Waals surface area (Å²) >= 11 is 0. The molecule has 6 rings (SSSR count). The van der Waals surface area contributed by atoms with Crippen LogP contribution in [-0.4, -0.2) is 19.7 Å². The van der Waals surface area contributed by atoms with Gasteiger partial charge < -0.3 is 15.0 Å². The number of fused-ring (bicyclic) bond motifs is 1. The van der Waals surface area contributed by atoms with Gasteiger partial charge in [-0.05, 0) is 95.8 Å². The SMILES string of the molecule is C=C1/C=C(/c2ccc(CC)cc2)OCC(=C)N(Cc2ccccc2-c2ccccc2)c2ccc(C3CCNCC3)cc2C1.CC.CC.CCCC. The Kier molecular flexibility index (Phi) is 18.1. The molecule has 272 valence electrons. The maximum atomic E-state index is 6.53. The van der Waals surface area contributed by atoms with Crippen LogP contribution >= 0.6 is 0 Å². The second-order valence-electron chi connectivity index (χ2n) is 12.8. The normalized spacial score (nSPS) is 15.6. The van der Waals surface area contributed by atoms with Gasteiger partial charge in [0.1, 0.15) is 12.4 Å². The fourth-order valence-electron chi connectivity index (χ4n) is 6.35. The van der Waals surface area contributed by atoms with Gasteiger partial charge in [0.25, 0.3) is 0 Å². The Hall–Kier alpha value is -4.34. The first-order valence-corrected chi connectivity index (χ1v) is 19.5. The second-order valence-corrected chi connectivity index (χ2v) is 12.8. The third-order valence-electron chi connectivity index (χ3n) is 9.31. The number of ether oxygens (including phenoxy) is 1. The Morgan fingerprint density at radius 2 is 1.39 bits per heavy atom. The van der Waals surface area contributed by atoms with Gasteiger partial charge in [0.05, 0.1) is 0 Å². The van der Waals surface area contributed by atoms with E-state index < -0.39 is 0 Å². The van der Waals surface area contributed by atoms with Gasteiger partial charge in [0.15, 0.2) is 0 Å². The predicted molar refractivity (Wildman–Crippen MR) is 224 cm³/mol. The van der Waals surface area contributed by atoms with Crippen molar-refractivity contribution >= 4 is 11.4 Å². The molecule has 0 aliphatic carbocycles. The lowest BCUT2D eigenvalue weighted by molar-refractivity contribution is 0.305. The maximum Gasteiger partial charge on any atom is 0.128 e. The van der Waals surface area contributed by atoms with Crippen LogP contribution in [0.15, 0.2) is 128 Å². The van der Waals surface area contributed by atoms with Gasteiger partial charge in [0.2, 0.25) is 0 Å². The van der Waals surface area contributed by atoms with Gasteiger partial charge >= 0.3 is 0 Å². The summed E-state index contributed by atoms with van der Waals surface area (Å²) in [6.07, 6.45) is 8.87. The smallest absolute Gasteiger partial charge is 0.128 e. The van der Waals surface area contributed by atoms with Crippen molar-refractivity contribution in [2.75, 3.05) is 24.6 Å². The molecule has 0 saturated carbocycles. The quantitative estimate of drug-likeness (QED) is 0.210. The van der Waals surface area contributed by atoms with Crippen LogP contribution in [0.4, 0.5) is 5.69 Å². The van der Waals surface area contributed by atoms with Gasteiger partial charge in [-0.2, -0.15) is 0 Å². The van der Waals surface area contributed by atoms with Crippen molar-refractivity contribution in [3.05, 3.63) is 155 Å². The highest BCUT2D eigenvalue weighted by atomic mass is 16.5. The molecule has 0 radical (unpaired) electrons. The molecule has 0 unspecified atom stereocenters. The van der Waals surface area contributed by atoms with Crippen LogP contribution in [0.1, 0.15) is 108 Å². The topological polar surface area (TPSA) is 24.5 Å². The van der Waals surface area contributed by atoms with E-state index in [-0.39, 0.29) is 0 Å². The number of hydrogen-bond donors (Lipinski definition) is 1. The Morgan fingerprint density at radius 3 is 2.04 bits per heavy atom. The molecular weight excluding hydrogens is 621 g/mol. The van der Waals surface area contributed by atoms with Crippen LogP contribution in [-0.2, 0) is 24.1 Å². The summed E-state index contributed by atoms with van der Waals surface area (Å²) in [4.78, 5) is 2.36. The van der Waals surface area contributed by atoms with Gasteiger partial charge in [-0.15, -0.1) is 0 Å². The summed E-state index contributed by atoms with van der Waals surface area (Å²) in [5.41, 5.74) is 12.0. The van der Waals surface area contributed by atoms with Crippen molar-refractivity contribution in [3.63, 3.8) is 0 Å². The number of unbranched alkanes of at least 4 members (excludes halogenated alkanes) is 1. The molecular formula is C48H64N2O. The molecule has 1 fully saturated rings. The average Bonchev–Trinajstić information content (AvgIpc) is 3.20. The minimum absolute atomic E-state index is 0.387. The third kappa shape index (κ3) is 11.9. The fraction of sp³-hybridized carbons (Fsp3) is 0.375. The molecule has 0 aromatic heterocycles. The van der Waals surface area contributed by atoms with Crippen molar-refractivity contribution in [3.8, 4) is 11.1 Å². The van der Waals surface area contributed by atoms with Crippen LogP contribution < -0.4 is 10.2 Å². The predicted octanol–water partition coefficient (Wildman–Crippen LogP) is 12.9. The van der Waals surface area contributed by atoms with E-state index in [9.17, 15) is 0 Å². The molecule has 0 atom stereocenters. The summed E-state index contributed by atoms with van der Waals surface area (Å²) < 4.78 is 6.53. The molecule has 51 heavy (non-hydrogen) atoms. The molecule has 0 amide bonds. The fourth-order valence-corrected chi connectivity index (χ4v) is 6.35. The highest BCUT2D eigenvalue weighted by molar-refractivity contribution is 5.70. The Balaban J connectivity index is 0.000000809. The molecule has 2 heterocycles.